The zero-order valence-corrected chi connectivity index (χ0v) is 8.82. The monoisotopic (exact) mass is 245 g/mol. The maximum atomic E-state index is 13.5. The summed E-state index contributed by atoms with van der Waals surface area (Å²) in [6.45, 7) is 0.936. The van der Waals surface area contributed by atoms with Crippen molar-refractivity contribution < 1.29 is 28.7 Å². The molecule has 0 spiro atoms. The minimum atomic E-state index is -2.24. The topological polar surface area (TPSA) is 104 Å². The Balaban J connectivity index is 3.42. The molecule has 0 aliphatic carbocycles. The fourth-order valence-electron chi connectivity index (χ4n) is 1.34. The van der Waals surface area contributed by atoms with Gasteiger partial charge in [-0.25, -0.2) is 13.6 Å². The average Bonchev–Trinajstić information content (AvgIpc) is 2.15. The molecule has 0 aromatic heterocycles. The van der Waals surface area contributed by atoms with E-state index in [0.29, 0.717) is 12.1 Å². The Morgan fingerprint density at radius 2 is 1.76 bits per heavy atom. The smallest absolute Gasteiger partial charge is 0.480 e. The molecular weight excluding hydrogens is 235 g/mol. The van der Waals surface area contributed by atoms with Crippen molar-refractivity contribution in [1.29, 1.82) is 0 Å². The zero-order chi connectivity index (χ0) is 13.4. The van der Waals surface area contributed by atoms with Gasteiger partial charge in [-0.1, -0.05) is 0 Å². The maximum Gasteiger partial charge on any atom is 0.488 e. The molecule has 0 aliphatic rings. The fourth-order valence-corrected chi connectivity index (χ4v) is 1.34. The molecule has 0 amide bonds. The van der Waals surface area contributed by atoms with Crippen LogP contribution in [0.15, 0.2) is 12.1 Å². The van der Waals surface area contributed by atoms with Crippen LogP contribution < -0.4 is 11.2 Å². The van der Waals surface area contributed by atoms with E-state index >= 15 is 0 Å². The highest BCUT2D eigenvalue weighted by atomic mass is 19.1. The molecule has 0 saturated carbocycles. The van der Waals surface area contributed by atoms with Crippen LogP contribution in [0.2, 0.25) is 0 Å². The van der Waals surface area contributed by atoms with Crippen LogP contribution in [0.1, 0.15) is 12.5 Å². The molecule has 0 unspecified atom stereocenters. The second-order valence-electron chi connectivity index (χ2n) is 3.74. The minimum absolute atomic E-state index is 0.426. The van der Waals surface area contributed by atoms with Gasteiger partial charge in [-0.15, -0.1) is 0 Å². The molecule has 17 heavy (non-hydrogen) atoms. The second-order valence-corrected chi connectivity index (χ2v) is 3.74. The van der Waals surface area contributed by atoms with E-state index in [0.717, 1.165) is 6.92 Å². The largest absolute Gasteiger partial charge is 0.488 e. The number of benzene rings is 1. The first kappa shape index (κ1) is 13.6. The number of aliphatic carboxylic acids is 1. The minimum Gasteiger partial charge on any atom is -0.480 e. The standard InChI is InChI=1S/C9H10BF2NO4/c1-9(13,8(14)15)7-5(11)2-4(10(16)17)3-6(7)12/h2-3,16-17H,13H2,1H3,(H,14,15)/t9-/m1/s1. The lowest BCUT2D eigenvalue weighted by Gasteiger charge is -2.21. The first-order valence-corrected chi connectivity index (χ1v) is 4.55. The SMILES string of the molecule is C[C@](N)(C(=O)O)c1c(F)cc(B(O)O)cc1F. The number of halogens is 2. The zero-order valence-electron chi connectivity index (χ0n) is 8.82. The summed E-state index contributed by atoms with van der Waals surface area (Å²) in [5.41, 5.74) is 1.80. The predicted molar refractivity (Wildman–Crippen MR) is 55.4 cm³/mol. The molecule has 0 radical (unpaired) electrons. The Bertz CT molecular complexity index is 441. The van der Waals surface area contributed by atoms with Crippen LogP contribution in [0.4, 0.5) is 8.78 Å². The molecule has 92 valence electrons. The van der Waals surface area contributed by atoms with E-state index in [1.807, 2.05) is 0 Å². The van der Waals surface area contributed by atoms with Crippen molar-refractivity contribution in [3.63, 3.8) is 0 Å². The Hall–Kier alpha value is -1.51. The lowest BCUT2D eigenvalue weighted by atomic mass is 9.78. The van der Waals surface area contributed by atoms with Gasteiger partial charge in [-0.05, 0) is 24.5 Å². The number of hydrogen-bond acceptors (Lipinski definition) is 4. The van der Waals surface area contributed by atoms with Crippen LogP contribution in [-0.2, 0) is 10.3 Å². The lowest BCUT2D eigenvalue weighted by Crippen LogP contribution is -2.44. The summed E-state index contributed by atoms with van der Waals surface area (Å²) >= 11 is 0. The van der Waals surface area contributed by atoms with Crippen molar-refractivity contribution in [3.05, 3.63) is 29.3 Å². The molecule has 0 aliphatic heterocycles. The predicted octanol–water partition coefficient (Wildman–Crippen LogP) is -1.10. The highest BCUT2D eigenvalue weighted by Crippen LogP contribution is 2.23. The van der Waals surface area contributed by atoms with Crippen molar-refractivity contribution in [3.8, 4) is 0 Å². The first-order valence-electron chi connectivity index (χ1n) is 4.55. The number of hydrogen-bond donors (Lipinski definition) is 4. The van der Waals surface area contributed by atoms with Gasteiger partial charge in [0.25, 0.3) is 0 Å². The Morgan fingerprint density at radius 3 is 2.06 bits per heavy atom. The van der Waals surface area contributed by atoms with Crippen LogP contribution in [0.3, 0.4) is 0 Å². The van der Waals surface area contributed by atoms with Crippen LogP contribution in [0.5, 0.6) is 0 Å². The molecule has 5 nitrogen and oxygen atoms in total. The van der Waals surface area contributed by atoms with Gasteiger partial charge in [-0.2, -0.15) is 0 Å². The third-order valence-electron chi connectivity index (χ3n) is 2.33. The number of carbonyl (C=O) groups is 1. The van der Waals surface area contributed by atoms with Crippen molar-refractivity contribution in [2.75, 3.05) is 0 Å². The summed E-state index contributed by atoms with van der Waals surface area (Å²) < 4.78 is 27.0. The molecule has 1 aromatic carbocycles. The van der Waals surface area contributed by atoms with E-state index in [1.54, 1.807) is 0 Å². The molecule has 8 heteroatoms. The fraction of sp³-hybridized carbons (Fsp3) is 0.222. The lowest BCUT2D eigenvalue weighted by molar-refractivity contribution is -0.143. The second kappa shape index (κ2) is 4.40. The third-order valence-corrected chi connectivity index (χ3v) is 2.33. The molecule has 1 atom stereocenters. The summed E-state index contributed by atoms with van der Waals surface area (Å²) in [6.07, 6.45) is 0. The van der Waals surface area contributed by atoms with Crippen LogP contribution in [-0.4, -0.2) is 28.2 Å². The number of carboxylic acid groups (broad SMARTS) is 1. The highest BCUT2D eigenvalue weighted by molar-refractivity contribution is 6.58. The molecule has 1 aromatic rings. The summed E-state index contributed by atoms with van der Waals surface area (Å²) in [5.74, 6) is -4.10. The molecule has 0 bridgehead atoms. The Kier molecular flexibility index (Phi) is 3.51. The summed E-state index contributed by atoms with van der Waals surface area (Å²) in [7, 11) is -2.05. The highest BCUT2D eigenvalue weighted by Gasteiger charge is 2.36. The number of carboxylic acids is 1. The van der Waals surface area contributed by atoms with Gasteiger partial charge >= 0.3 is 13.1 Å². The summed E-state index contributed by atoms with van der Waals surface area (Å²) in [5, 5.41) is 26.3. The molecular formula is C9H10BF2NO4. The Labute approximate surface area is 95.6 Å². The summed E-state index contributed by atoms with van der Waals surface area (Å²) in [4.78, 5) is 10.8. The maximum absolute atomic E-state index is 13.5. The normalized spacial score (nSPS) is 14.2. The van der Waals surface area contributed by atoms with E-state index in [-0.39, 0.29) is 0 Å². The van der Waals surface area contributed by atoms with Gasteiger partial charge in [0, 0.05) is 0 Å². The van der Waals surface area contributed by atoms with Crippen LogP contribution >= 0.6 is 0 Å². The van der Waals surface area contributed by atoms with E-state index in [9.17, 15) is 13.6 Å². The van der Waals surface area contributed by atoms with E-state index in [4.69, 9.17) is 20.9 Å². The quantitative estimate of drug-likeness (QED) is 0.506. The molecule has 0 heterocycles. The number of rotatable bonds is 3. The van der Waals surface area contributed by atoms with Crippen molar-refractivity contribution in [2.24, 2.45) is 5.73 Å². The molecule has 0 saturated heterocycles. The van der Waals surface area contributed by atoms with Gasteiger partial charge in [0.1, 0.15) is 17.2 Å². The van der Waals surface area contributed by atoms with Gasteiger partial charge in [-0.3, -0.25) is 0 Å². The van der Waals surface area contributed by atoms with Crippen LogP contribution in [0.25, 0.3) is 0 Å². The molecule has 0 fully saturated rings. The van der Waals surface area contributed by atoms with Gasteiger partial charge in [0.2, 0.25) is 0 Å². The first-order chi connectivity index (χ1) is 7.67. The third kappa shape index (κ3) is 2.43. The van der Waals surface area contributed by atoms with Crippen molar-refractivity contribution in [1.82, 2.24) is 0 Å². The number of nitrogens with two attached hydrogens (primary N) is 1. The van der Waals surface area contributed by atoms with Crippen molar-refractivity contribution in [2.45, 2.75) is 12.5 Å². The summed E-state index contributed by atoms with van der Waals surface area (Å²) in [6, 6.07) is 1.24. The Morgan fingerprint density at radius 1 is 1.35 bits per heavy atom. The average molecular weight is 245 g/mol. The van der Waals surface area contributed by atoms with E-state index in [2.05, 4.69) is 0 Å². The molecule has 1 rings (SSSR count). The van der Waals surface area contributed by atoms with Gasteiger partial charge in [0.05, 0.1) is 5.56 Å². The van der Waals surface area contributed by atoms with E-state index < -0.39 is 41.3 Å². The van der Waals surface area contributed by atoms with Crippen molar-refractivity contribution >= 4 is 18.6 Å². The molecule has 5 N–H and O–H groups in total. The van der Waals surface area contributed by atoms with Crippen LogP contribution in [0, 0.1) is 11.6 Å². The van der Waals surface area contributed by atoms with Gasteiger partial charge < -0.3 is 20.9 Å². The van der Waals surface area contributed by atoms with Gasteiger partial charge in [0.15, 0.2) is 0 Å². The van der Waals surface area contributed by atoms with E-state index in [1.165, 1.54) is 0 Å².